The van der Waals surface area contributed by atoms with Crippen LogP contribution in [0.4, 0.5) is 11.4 Å². The van der Waals surface area contributed by atoms with Gasteiger partial charge in [0.2, 0.25) is 11.7 Å². The van der Waals surface area contributed by atoms with Crippen molar-refractivity contribution in [2.24, 2.45) is 0 Å². The van der Waals surface area contributed by atoms with E-state index in [0.717, 1.165) is 65.6 Å². The summed E-state index contributed by atoms with van der Waals surface area (Å²) in [6.45, 7) is 7.64. The number of rotatable bonds is 6. The number of likely N-dealkylation sites (N-methyl/N-ethyl adjacent to an activating group) is 1. The Morgan fingerprint density at radius 2 is 1.64 bits per heavy atom. The molecule has 5 rings (SSSR count). The number of aromatic nitrogens is 2. The molecule has 3 N–H and O–H groups in total. The minimum absolute atomic E-state index is 0. The zero-order chi connectivity index (χ0) is 25.9. The number of ether oxygens (including phenoxy) is 1. The first-order valence-corrected chi connectivity index (χ1v) is 12.4. The van der Waals surface area contributed by atoms with E-state index in [1.165, 1.54) is 0 Å². The molecule has 0 radical (unpaired) electrons. The van der Waals surface area contributed by atoms with E-state index in [1.54, 1.807) is 14.0 Å². The average molecular weight is 552 g/mol. The summed E-state index contributed by atoms with van der Waals surface area (Å²) >= 11 is 0. The molecule has 0 saturated carbocycles. The SMILES string of the molecule is COc1ccc(NC(=O)c2ccc(-c3ccc(-c4noc(C)n4)cc3C)cc2)cc1N1CCN(C)CC1.Cl.O. The molecule has 0 bridgehead atoms. The number of hydrogen-bond donors (Lipinski definition) is 1. The maximum absolute atomic E-state index is 13.0. The number of carbonyl (C=O) groups excluding carboxylic acids is 1. The summed E-state index contributed by atoms with van der Waals surface area (Å²) in [4.78, 5) is 21.9. The monoisotopic (exact) mass is 551 g/mol. The molecule has 0 unspecified atom stereocenters. The highest BCUT2D eigenvalue weighted by molar-refractivity contribution is 6.04. The highest BCUT2D eigenvalue weighted by Crippen LogP contribution is 2.32. The lowest BCUT2D eigenvalue weighted by atomic mass is 9.97. The number of amides is 1. The smallest absolute Gasteiger partial charge is 0.255 e. The van der Waals surface area contributed by atoms with Crippen molar-refractivity contribution in [2.75, 3.05) is 50.6 Å². The summed E-state index contributed by atoms with van der Waals surface area (Å²) in [7, 11) is 3.81. The Bertz CT molecular complexity index is 1420. The molecule has 0 spiro atoms. The molecule has 10 heteroatoms. The van der Waals surface area contributed by atoms with E-state index in [4.69, 9.17) is 9.26 Å². The van der Waals surface area contributed by atoms with E-state index < -0.39 is 0 Å². The van der Waals surface area contributed by atoms with E-state index in [-0.39, 0.29) is 23.8 Å². The maximum atomic E-state index is 13.0. The second-order valence-corrected chi connectivity index (χ2v) is 9.38. The van der Waals surface area contributed by atoms with Gasteiger partial charge in [-0.25, -0.2) is 0 Å². The van der Waals surface area contributed by atoms with E-state index in [0.29, 0.717) is 17.3 Å². The molecule has 39 heavy (non-hydrogen) atoms. The van der Waals surface area contributed by atoms with Crippen molar-refractivity contribution < 1.29 is 19.5 Å². The van der Waals surface area contributed by atoms with Gasteiger partial charge in [0.1, 0.15) is 5.75 Å². The van der Waals surface area contributed by atoms with Crippen LogP contribution in [0.25, 0.3) is 22.5 Å². The summed E-state index contributed by atoms with van der Waals surface area (Å²) in [6.07, 6.45) is 0. The molecule has 1 fully saturated rings. The maximum Gasteiger partial charge on any atom is 0.255 e. The average Bonchev–Trinajstić information content (AvgIpc) is 3.35. The third kappa shape index (κ3) is 6.57. The first-order chi connectivity index (χ1) is 17.9. The van der Waals surface area contributed by atoms with Crippen molar-refractivity contribution in [1.29, 1.82) is 0 Å². The molecule has 1 aromatic heterocycles. The van der Waals surface area contributed by atoms with Crippen molar-refractivity contribution in [3.63, 3.8) is 0 Å². The van der Waals surface area contributed by atoms with Crippen molar-refractivity contribution in [3.05, 3.63) is 77.7 Å². The first kappa shape index (κ1) is 29.6. The Morgan fingerprint density at radius 3 is 2.26 bits per heavy atom. The topological polar surface area (TPSA) is 115 Å². The number of anilines is 2. The van der Waals surface area contributed by atoms with E-state index in [1.807, 2.05) is 67.6 Å². The van der Waals surface area contributed by atoms with Crippen LogP contribution in [-0.4, -0.2) is 66.8 Å². The molecule has 0 atom stereocenters. The molecule has 2 heterocycles. The number of halogens is 1. The van der Waals surface area contributed by atoms with Crippen LogP contribution in [0.3, 0.4) is 0 Å². The van der Waals surface area contributed by atoms with Gasteiger partial charge in [-0.05, 0) is 67.1 Å². The molecular formula is C29H34ClN5O4. The Morgan fingerprint density at radius 1 is 0.949 bits per heavy atom. The van der Waals surface area contributed by atoms with Crippen molar-refractivity contribution in [3.8, 4) is 28.3 Å². The molecule has 1 aliphatic rings. The van der Waals surface area contributed by atoms with Gasteiger partial charge in [-0.15, -0.1) is 12.4 Å². The van der Waals surface area contributed by atoms with Crippen LogP contribution in [-0.2, 0) is 0 Å². The molecule has 206 valence electrons. The van der Waals surface area contributed by atoms with Gasteiger partial charge in [-0.2, -0.15) is 4.98 Å². The molecule has 9 nitrogen and oxygen atoms in total. The normalized spacial score (nSPS) is 13.3. The van der Waals surface area contributed by atoms with Gasteiger partial charge in [0, 0.05) is 49.9 Å². The Balaban J connectivity index is 0.00000210. The standard InChI is InChI=1S/C29H31N5O3.ClH.H2O/c1-19-17-23(28-30-20(2)37-32-28)9-11-25(19)21-5-7-22(8-6-21)29(35)31-24-10-12-27(36-4)26(18-24)34-15-13-33(3)14-16-34;;/h5-12,17-18H,13-16H2,1-4H3,(H,31,35);1H;1H2. The van der Waals surface area contributed by atoms with Crippen molar-refractivity contribution >= 4 is 29.7 Å². The van der Waals surface area contributed by atoms with Crippen molar-refractivity contribution in [1.82, 2.24) is 15.0 Å². The minimum Gasteiger partial charge on any atom is -0.495 e. The fraction of sp³-hybridized carbons (Fsp3) is 0.276. The van der Waals surface area contributed by atoms with E-state index >= 15 is 0 Å². The number of carbonyl (C=O) groups is 1. The largest absolute Gasteiger partial charge is 0.495 e. The number of piperazine rings is 1. The molecule has 1 amide bonds. The fourth-order valence-electron chi connectivity index (χ4n) is 4.61. The van der Waals surface area contributed by atoms with Gasteiger partial charge in [-0.1, -0.05) is 29.4 Å². The highest BCUT2D eigenvalue weighted by Gasteiger charge is 2.19. The quantitative estimate of drug-likeness (QED) is 0.371. The zero-order valence-electron chi connectivity index (χ0n) is 22.5. The lowest BCUT2D eigenvalue weighted by Gasteiger charge is -2.34. The molecule has 1 saturated heterocycles. The summed E-state index contributed by atoms with van der Waals surface area (Å²) in [5.41, 5.74) is 6.45. The fourth-order valence-corrected chi connectivity index (χ4v) is 4.61. The van der Waals surface area contributed by atoms with E-state index in [9.17, 15) is 4.79 Å². The van der Waals surface area contributed by atoms with Crippen LogP contribution in [0.1, 0.15) is 21.8 Å². The third-order valence-electron chi connectivity index (χ3n) is 6.75. The second-order valence-electron chi connectivity index (χ2n) is 9.38. The molecule has 3 aromatic carbocycles. The number of hydrogen-bond acceptors (Lipinski definition) is 7. The molecule has 1 aliphatic heterocycles. The third-order valence-corrected chi connectivity index (χ3v) is 6.75. The van der Waals surface area contributed by atoms with Crippen LogP contribution < -0.4 is 15.0 Å². The van der Waals surface area contributed by atoms with Gasteiger partial charge in [0.05, 0.1) is 12.8 Å². The van der Waals surface area contributed by atoms with Crippen LogP contribution in [0.15, 0.2) is 65.2 Å². The number of nitrogens with one attached hydrogen (secondary N) is 1. The Hall–Kier alpha value is -3.92. The zero-order valence-corrected chi connectivity index (χ0v) is 23.3. The number of benzene rings is 3. The van der Waals surface area contributed by atoms with Crippen LogP contribution >= 0.6 is 12.4 Å². The predicted molar refractivity (Wildman–Crippen MR) is 156 cm³/mol. The molecule has 0 aliphatic carbocycles. The van der Waals surface area contributed by atoms with Gasteiger partial charge in [0.15, 0.2) is 0 Å². The summed E-state index contributed by atoms with van der Waals surface area (Å²) in [5.74, 6) is 1.77. The van der Waals surface area contributed by atoms with Gasteiger partial charge in [0.25, 0.3) is 5.91 Å². The Labute approximate surface area is 234 Å². The van der Waals surface area contributed by atoms with E-state index in [2.05, 4.69) is 32.3 Å². The number of methoxy groups -OCH3 is 1. The number of nitrogens with zero attached hydrogens (tertiary/aromatic N) is 4. The van der Waals surface area contributed by atoms with Gasteiger partial charge < -0.3 is 29.9 Å². The highest BCUT2D eigenvalue weighted by atomic mass is 35.5. The first-order valence-electron chi connectivity index (χ1n) is 12.4. The predicted octanol–water partition coefficient (Wildman–Crippen LogP) is 4.63. The lowest BCUT2D eigenvalue weighted by Crippen LogP contribution is -2.44. The summed E-state index contributed by atoms with van der Waals surface area (Å²) in [5, 5.41) is 7.04. The van der Waals surface area contributed by atoms with Gasteiger partial charge in [-0.3, -0.25) is 4.79 Å². The molecular weight excluding hydrogens is 518 g/mol. The van der Waals surface area contributed by atoms with Crippen LogP contribution in [0, 0.1) is 13.8 Å². The van der Waals surface area contributed by atoms with Crippen LogP contribution in [0.2, 0.25) is 0 Å². The Kier molecular flexibility index (Phi) is 9.69. The van der Waals surface area contributed by atoms with Crippen molar-refractivity contribution in [2.45, 2.75) is 13.8 Å². The molecule has 4 aromatic rings. The number of aryl methyl sites for hydroxylation is 2. The second kappa shape index (κ2) is 12.8. The summed E-state index contributed by atoms with van der Waals surface area (Å²) < 4.78 is 10.7. The van der Waals surface area contributed by atoms with Crippen LogP contribution in [0.5, 0.6) is 5.75 Å². The minimum atomic E-state index is -0.152. The van der Waals surface area contributed by atoms with Gasteiger partial charge >= 0.3 is 0 Å². The lowest BCUT2D eigenvalue weighted by molar-refractivity contribution is 0.102. The summed E-state index contributed by atoms with van der Waals surface area (Å²) in [6, 6.07) is 19.5.